The second-order valence-electron chi connectivity index (χ2n) is 2.68. The van der Waals surface area contributed by atoms with Crippen molar-refractivity contribution in [1.29, 1.82) is 0 Å². The van der Waals surface area contributed by atoms with Crippen molar-refractivity contribution in [2.45, 2.75) is 6.92 Å². The molecule has 0 amide bonds. The van der Waals surface area contributed by atoms with Gasteiger partial charge in [-0.3, -0.25) is 0 Å². The van der Waals surface area contributed by atoms with Crippen LogP contribution in [0, 0.1) is 0 Å². The van der Waals surface area contributed by atoms with Gasteiger partial charge >= 0.3 is 93.3 Å². The molecule has 0 aromatic heterocycles. The number of nitrogens with one attached hydrogen (secondary N) is 1. The number of anilines is 1. The van der Waals surface area contributed by atoms with Crippen molar-refractivity contribution in [3.05, 3.63) is 23.8 Å². The molecule has 0 aliphatic carbocycles. The number of hydrogen-bond acceptors (Lipinski definition) is 2. The molecule has 0 saturated carbocycles. The number of carboxylic acids is 1. The van der Waals surface area contributed by atoms with Gasteiger partial charge < -0.3 is 0 Å². The van der Waals surface area contributed by atoms with Crippen molar-refractivity contribution in [2.75, 3.05) is 11.9 Å². The van der Waals surface area contributed by atoms with E-state index >= 15 is 0 Å². The third kappa shape index (κ3) is 2.43. The molecule has 1 aromatic rings. The first-order valence-corrected chi connectivity index (χ1v) is 6.83. The molecule has 0 aliphatic rings. The third-order valence-electron chi connectivity index (χ3n) is 1.73. The number of carbonyl (C=O) groups is 1. The maximum atomic E-state index is 10.8. The molecule has 0 aliphatic heterocycles. The van der Waals surface area contributed by atoms with Gasteiger partial charge in [0, 0.05) is 0 Å². The van der Waals surface area contributed by atoms with Crippen LogP contribution in [0.4, 0.5) is 5.69 Å². The van der Waals surface area contributed by atoms with E-state index in [0.29, 0.717) is 31.7 Å². The maximum absolute atomic E-state index is 10.8. The van der Waals surface area contributed by atoms with Gasteiger partial charge in [-0.25, -0.2) is 0 Å². The molecular formula is C9H10HgNO2. The molecule has 0 atom stereocenters. The summed E-state index contributed by atoms with van der Waals surface area (Å²) >= 11 is 0.444. The van der Waals surface area contributed by atoms with E-state index in [1.54, 1.807) is 12.1 Å². The standard InChI is InChI=1S/C9H10NO2.Hg/c1-2-10-8-6-4-3-5-7(8)9(11)12;/h3-5,10H,2H2,1H3,(H,11,12);. The van der Waals surface area contributed by atoms with Crippen LogP contribution in [0.25, 0.3) is 0 Å². The van der Waals surface area contributed by atoms with E-state index < -0.39 is 5.97 Å². The Labute approximate surface area is 93.1 Å². The average molecular weight is 365 g/mol. The summed E-state index contributed by atoms with van der Waals surface area (Å²) in [5, 5.41) is 12.0. The van der Waals surface area contributed by atoms with Crippen LogP contribution < -0.4 is 8.39 Å². The summed E-state index contributed by atoms with van der Waals surface area (Å²) in [4.78, 5) is 10.8. The van der Waals surface area contributed by atoms with Crippen molar-refractivity contribution in [1.82, 2.24) is 0 Å². The summed E-state index contributed by atoms with van der Waals surface area (Å²) in [7, 11) is 0. The topological polar surface area (TPSA) is 49.3 Å². The quantitative estimate of drug-likeness (QED) is 0.786. The van der Waals surface area contributed by atoms with Gasteiger partial charge in [-0.1, -0.05) is 0 Å². The Kier molecular flexibility index (Phi) is 3.72. The van der Waals surface area contributed by atoms with Crippen LogP contribution in [0.2, 0.25) is 0 Å². The second-order valence-corrected chi connectivity index (χ2v) is 5.64. The van der Waals surface area contributed by atoms with E-state index in [-0.39, 0.29) is 0 Å². The van der Waals surface area contributed by atoms with Crippen LogP contribution in [-0.2, 0) is 26.1 Å². The zero-order valence-corrected chi connectivity index (χ0v) is 13.0. The molecule has 0 saturated heterocycles. The molecule has 0 unspecified atom stereocenters. The number of carboxylic acid groups (broad SMARTS) is 1. The zero-order chi connectivity index (χ0) is 9.84. The summed E-state index contributed by atoms with van der Waals surface area (Å²) in [6.45, 7) is 2.72. The number of hydrogen-bond donors (Lipinski definition) is 2. The Morgan fingerprint density at radius 3 is 2.85 bits per heavy atom. The van der Waals surface area contributed by atoms with E-state index in [1.807, 2.05) is 13.0 Å². The monoisotopic (exact) mass is 366 g/mol. The molecule has 0 spiro atoms. The molecule has 1 rings (SSSR count). The van der Waals surface area contributed by atoms with Crippen molar-refractivity contribution < 1.29 is 36.0 Å². The van der Waals surface area contributed by atoms with Crippen molar-refractivity contribution in [3.63, 3.8) is 0 Å². The summed E-state index contributed by atoms with van der Waals surface area (Å²) < 4.78 is 1.15. The fourth-order valence-electron chi connectivity index (χ4n) is 1.16. The first kappa shape index (κ1) is 10.5. The average Bonchev–Trinajstić information content (AvgIpc) is 2.08. The van der Waals surface area contributed by atoms with Crippen molar-refractivity contribution in [3.8, 4) is 0 Å². The Morgan fingerprint density at radius 2 is 2.31 bits per heavy atom. The first-order chi connectivity index (χ1) is 6.16. The van der Waals surface area contributed by atoms with E-state index in [0.717, 1.165) is 15.3 Å². The molecule has 4 heteroatoms. The van der Waals surface area contributed by atoms with Gasteiger partial charge in [0.1, 0.15) is 0 Å². The minimum absolute atomic E-state index is 0.384. The molecule has 0 heterocycles. The molecular weight excluding hydrogens is 355 g/mol. The zero-order valence-electron chi connectivity index (χ0n) is 7.50. The third-order valence-corrected chi connectivity index (χ3v) is 4.03. The fourth-order valence-corrected chi connectivity index (χ4v) is 2.92. The van der Waals surface area contributed by atoms with E-state index in [1.165, 1.54) is 0 Å². The van der Waals surface area contributed by atoms with E-state index in [9.17, 15) is 4.79 Å². The number of benzene rings is 1. The molecule has 3 nitrogen and oxygen atoms in total. The molecule has 13 heavy (non-hydrogen) atoms. The van der Waals surface area contributed by atoms with Gasteiger partial charge in [0.25, 0.3) is 0 Å². The molecule has 0 radical (unpaired) electrons. The van der Waals surface area contributed by atoms with Crippen molar-refractivity contribution in [2.24, 2.45) is 0 Å². The Balaban J connectivity index is 3.17. The van der Waals surface area contributed by atoms with Gasteiger partial charge in [-0.05, 0) is 0 Å². The predicted octanol–water partition coefficient (Wildman–Crippen LogP) is 0.989. The molecule has 0 fully saturated rings. The molecule has 0 bridgehead atoms. The first-order valence-electron chi connectivity index (χ1n) is 4.09. The van der Waals surface area contributed by atoms with Crippen molar-refractivity contribution >= 4 is 14.7 Å². The SMILES string of the molecule is CCNc1[c]([Hg])cccc1C(=O)O. The van der Waals surface area contributed by atoms with Gasteiger partial charge in [-0.2, -0.15) is 0 Å². The number of aromatic carboxylic acids is 1. The summed E-state index contributed by atoms with van der Waals surface area (Å²) in [6, 6.07) is 5.41. The van der Waals surface area contributed by atoms with Gasteiger partial charge in [0.05, 0.1) is 0 Å². The normalized spacial score (nSPS) is 9.77. The molecule has 1 aromatic carbocycles. The van der Waals surface area contributed by atoms with Crippen LogP contribution in [0.15, 0.2) is 18.2 Å². The van der Waals surface area contributed by atoms with Crippen LogP contribution in [0.3, 0.4) is 0 Å². The summed E-state index contributed by atoms with van der Waals surface area (Å²) in [5.74, 6) is -0.858. The van der Waals surface area contributed by atoms with Gasteiger partial charge in [0.2, 0.25) is 0 Å². The Morgan fingerprint density at radius 1 is 1.62 bits per heavy atom. The predicted molar refractivity (Wildman–Crippen MR) is 47.2 cm³/mol. The van der Waals surface area contributed by atoms with Crippen LogP contribution in [-0.4, -0.2) is 17.6 Å². The van der Waals surface area contributed by atoms with Gasteiger partial charge in [0.15, 0.2) is 0 Å². The second kappa shape index (κ2) is 4.60. The number of para-hydroxylation sites is 1. The summed E-state index contributed by atoms with van der Waals surface area (Å²) in [6.07, 6.45) is 0. The minimum atomic E-state index is -0.858. The van der Waals surface area contributed by atoms with Gasteiger partial charge in [-0.15, -0.1) is 0 Å². The van der Waals surface area contributed by atoms with E-state index in [2.05, 4.69) is 5.32 Å². The van der Waals surface area contributed by atoms with Crippen LogP contribution >= 0.6 is 0 Å². The fraction of sp³-hybridized carbons (Fsp3) is 0.222. The Bertz CT molecular complexity index is 325. The summed E-state index contributed by atoms with van der Waals surface area (Å²) in [5.41, 5.74) is 1.19. The van der Waals surface area contributed by atoms with Crippen LogP contribution in [0.1, 0.15) is 17.3 Å². The number of rotatable bonds is 3. The molecule has 65 valence electrons. The Hall–Kier alpha value is -0.575. The van der Waals surface area contributed by atoms with Crippen LogP contribution in [0.5, 0.6) is 0 Å². The molecule has 2 N–H and O–H groups in total. The van der Waals surface area contributed by atoms with E-state index in [4.69, 9.17) is 5.11 Å².